The van der Waals surface area contributed by atoms with Crippen molar-refractivity contribution < 1.29 is 22.8 Å². The summed E-state index contributed by atoms with van der Waals surface area (Å²) in [5.74, 6) is -0.399. The fourth-order valence-corrected chi connectivity index (χ4v) is 4.74. The van der Waals surface area contributed by atoms with Crippen LogP contribution in [-0.2, 0) is 17.0 Å². The van der Waals surface area contributed by atoms with Crippen molar-refractivity contribution in [3.05, 3.63) is 105 Å². The molecule has 0 fully saturated rings. The van der Waals surface area contributed by atoms with Crippen LogP contribution in [0.4, 0.5) is 13.2 Å². The van der Waals surface area contributed by atoms with E-state index in [1.807, 2.05) is 6.07 Å². The topological polar surface area (TPSA) is 76.5 Å². The van der Waals surface area contributed by atoms with Gasteiger partial charge in [0.15, 0.2) is 0 Å². The normalized spacial score (nSPS) is 17.4. The number of fused-ring (bicyclic) bond motifs is 1. The fourth-order valence-electron chi connectivity index (χ4n) is 4.21. The Morgan fingerprint density at radius 2 is 1.76 bits per heavy atom. The monoisotopic (exact) mass is 544 g/mol. The Morgan fingerprint density at radius 1 is 1.00 bits per heavy atom. The molecule has 6 nitrogen and oxygen atoms in total. The SMILES string of the molecule is O=C(NCc1ccccn1)c1ccc(C2=NOC(c3cc(Cl)cc(Cl)c3)(C(F)(F)F)C2)c2cccnc12. The zero-order valence-electron chi connectivity index (χ0n) is 18.9. The fraction of sp³-hybridized carbons (Fsp3) is 0.154. The van der Waals surface area contributed by atoms with Crippen LogP contribution in [0.25, 0.3) is 10.9 Å². The molecule has 11 heteroatoms. The molecule has 0 saturated heterocycles. The average molecular weight is 545 g/mol. The number of hydrogen-bond donors (Lipinski definition) is 1. The lowest BCUT2D eigenvalue weighted by Gasteiger charge is -2.29. The number of nitrogens with one attached hydrogen (secondary N) is 1. The zero-order valence-corrected chi connectivity index (χ0v) is 20.4. The first-order valence-electron chi connectivity index (χ1n) is 11.0. The third-order valence-electron chi connectivity index (χ3n) is 6.00. The Hall–Kier alpha value is -3.69. The lowest BCUT2D eigenvalue weighted by Crippen LogP contribution is -2.42. The van der Waals surface area contributed by atoms with Crippen LogP contribution in [0.2, 0.25) is 10.0 Å². The molecule has 0 saturated carbocycles. The van der Waals surface area contributed by atoms with Gasteiger partial charge >= 0.3 is 6.18 Å². The molecule has 188 valence electrons. The summed E-state index contributed by atoms with van der Waals surface area (Å²) in [7, 11) is 0. The van der Waals surface area contributed by atoms with Gasteiger partial charge in [0.1, 0.15) is 0 Å². The maximum atomic E-state index is 14.4. The highest BCUT2D eigenvalue weighted by molar-refractivity contribution is 6.34. The van der Waals surface area contributed by atoms with Crippen LogP contribution >= 0.6 is 23.2 Å². The molecule has 0 aliphatic carbocycles. The summed E-state index contributed by atoms with van der Waals surface area (Å²) in [5.41, 5.74) is -1.37. The summed E-state index contributed by atoms with van der Waals surface area (Å²) in [6, 6.07) is 15.4. The van der Waals surface area contributed by atoms with Gasteiger partial charge in [-0.2, -0.15) is 13.2 Å². The molecule has 1 aliphatic heterocycles. The van der Waals surface area contributed by atoms with Gasteiger partial charge in [0.2, 0.25) is 0 Å². The van der Waals surface area contributed by atoms with E-state index in [2.05, 4.69) is 20.4 Å². The van der Waals surface area contributed by atoms with Crippen LogP contribution in [0, 0.1) is 0 Å². The van der Waals surface area contributed by atoms with Crippen LogP contribution in [-0.4, -0.2) is 27.8 Å². The average Bonchev–Trinajstić information content (AvgIpc) is 3.34. The molecule has 0 radical (unpaired) electrons. The molecule has 1 N–H and O–H groups in total. The van der Waals surface area contributed by atoms with E-state index in [1.54, 1.807) is 36.5 Å². The molecule has 3 heterocycles. The Balaban J connectivity index is 1.49. The van der Waals surface area contributed by atoms with E-state index in [9.17, 15) is 18.0 Å². The maximum absolute atomic E-state index is 14.4. The van der Waals surface area contributed by atoms with E-state index in [-0.39, 0.29) is 33.4 Å². The number of rotatable bonds is 5. The number of halogens is 5. The Morgan fingerprint density at radius 3 is 2.46 bits per heavy atom. The minimum atomic E-state index is -4.83. The number of oxime groups is 1. The van der Waals surface area contributed by atoms with Gasteiger partial charge in [0, 0.05) is 45.4 Å². The summed E-state index contributed by atoms with van der Waals surface area (Å²) in [6.07, 6.45) is -2.33. The second-order valence-electron chi connectivity index (χ2n) is 8.35. The summed E-state index contributed by atoms with van der Waals surface area (Å²) < 4.78 is 43.2. The number of amides is 1. The number of aromatic nitrogens is 2. The van der Waals surface area contributed by atoms with E-state index in [0.29, 0.717) is 22.2 Å². The quantitative estimate of drug-likeness (QED) is 0.313. The van der Waals surface area contributed by atoms with E-state index < -0.39 is 24.1 Å². The Bertz CT molecular complexity index is 1510. The van der Waals surface area contributed by atoms with E-state index >= 15 is 0 Å². The molecule has 0 spiro atoms. The molecule has 4 aromatic rings. The molecule has 37 heavy (non-hydrogen) atoms. The molecule has 0 bridgehead atoms. The van der Waals surface area contributed by atoms with Crippen molar-refractivity contribution in [1.82, 2.24) is 15.3 Å². The summed E-state index contributed by atoms with van der Waals surface area (Å²) in [5, 5.41) is 7.16. The highest BCUT2D eigenvalue weighted by Gasteiger charge is 2.62. The summed E-state index contributed by atoms with van der Waals surface area (Å²) in [4.78, 5) is 26.6. The number of hydrogen-bond acceptors (Lipinski definition) is 5. The lowest BCUT2D eigenvalue weighted by molar-refractivity contribution is -0.275. The number of nitrogens with zero attached hydrogens (tertiary/aromatic N) is 3. The van der Waals surface area contributed by atoms with Crippen molar-refractivity contribution in [3.8, 4) is 0 Å². The molecule has 2 aromatic heterocycles. The van der Waals surface area contributed by atoms with Crippen molar-refractivity contribution in [3.63, 3.8) is 0 Å². The van der Waals surface area contributed by atoms with Crippen molar-refractivity contribution in [2.75, 3.05) is 0 Å². The van der Waals surface area contributed by atoms with E-state index in [0.717, 1.165) is 12.1 Å². The Labute approximate surface area is 219 Å². The van der Waals surface area contributed by atoms with Crippen molar-refractivity contribution in [2.24, 2.45) is 5.16 Å². The first-order valence-corrected chi connectivity index (χ1v) is 11.8. The lowest BCUT2D eigenvalue weighted by atomic mass is 9.85. The first kappa shape index (κ1) is 25.0. The molecular formula is C26H17Cl2F3N4O2. The number of benzene rings is 2. The molecule has 1 atom stereocenters. The number of carbonyl (C=O) groups is 1. The second-order valence-corrected chi connectivity index (χ2v) is 9.23. The van der Waals surface area contributed by atoms with Gasteiger partial charge in [-0.25, -0.2) is 0 Å². The minimum absolute atomic E-state index is 0.0406. The smallest absolute Gasteiger partial charge is 0.374 e. The zero-order chi connectivity index (χ0) is 26.2. The predicted molar refractivity (Wildman–Crippen MR) is 134 cm³/mol. The number of pyridine rings is 2. The van der Waals surface area contributed by atoms with Crippen LogP contribution in [0.3, 0.4) is 0 Å². The summed E-state index contributed by atoms with van der Waals surface area (Å²) >= 11 is 12.0. The molecule has 1 unspecified atom stereocenters. The van der Waals surface area contributed by atoms with Crippen LogP contribution < -0.4 is 5.32 Å². The largest absolute Gasteiger partial charge is 0.435 e. The molecular weight excluding hydrogens is 528 g/mol. The van der Waals surface area contributed by atoms with E-state index in [4.69, 9.17) is 28.0 Å². The van der Waals surface area contributed by atoms with Gasteiger partial charge in [0.25, 0.3) is 11.5 Å². The van der Waals surface area contributed by atoms with Gasteiger partial charge in [-0.1, -0.05) is 46.6 Å². The van der Waals surface area contributed by atoms with Crippen molar-refractivity contribution >= 4 is 45.7 Å². The van der Waals surface area contributed by atoms with E-state index in [1.165, 1.54) is 18.3 Å². The van der Waals surface area contributed by atoms with Crippen LogP contribution in [0.15, 0.2) is 78.2 Å². The predicted octanol–water partition coefficient (Wildman–Crippen LogP) is 6.45. The maximum Gasteiger partial charge on any atom is 0.435 e. The van der Waals surface area contributed by atoms with Crippen molar-refractivity contribution in [1.29, 1.82) is 0 Å². The van der Waals surface area contributed by atoms with Crippen LogP contribution in [0.1, 0.15) is 33.6 Å². The highest BCUT2D eigenvalue weighted by Crippen LogP contribution is 2.50. The van der Waals surface area contributed by atoms with Gasteiger partial charge in [-0.3, -0.25) is 14.8 Å². The van der Waals surface area contributed by atoms with Crippen molar-refractivity contribution in [2.45, 2.75) is 24.7 Å². The minimum Gasteiger partial charge on any atom is -0.374 e. The molecule has 2 aromatic carbocycles. The highest BCUT2D eigenvalue weighted by atomic mass is 35.5. The standard InChI is InChI=1S/C26H17Cl2F3N4O2/c27-16-10-15(11-17(28)12-16)25(26(29,30)31)13-22(35-37-25)19-6-7-21(23-20(19)5-3-9-33-23)24(36)34-14-18-4-1-2-8-32-18/h1-12H,13-14H2,(H,34,36). The van der Waals surface area contributed by atoms with Gasteiger partial charge in [-0.15, -0.1) is 0 Å². The Kier molecular flexibility index (Phi) is 6.51. The second kappa shape index (κ2) is 9.64. The number of alkyl halides is 3. The van der Waals surface area contributed by atoms with Gasteiger partial charge < -0.3 is 10.2 Å². The van der Waals surface area contributed by atoms with Gasteiger partial charge in [-0.05, 0) is 42.5 Å². The first-order chi connectivity index (χ1) is 17.7. The molecule has 1 amide bonds. The summed E-state index contributed by atoms with van der Waals surface area (Å²) in [6.45, 7) is 0.201. The third kappa shape index (κ3) is 4.72. The van der Waals surface area contributed by atoms with Crippen LogP contribution in [0.5, 0.6) is 0 Å². The number of carbonyl (C=O) groups excluding carboxylic acids is 1. The molecule has 5 rings (SSSR count). The third-order valence-corrected chi connectivity index (χ3v) is 6.43. The van der Waals surface area contributed by atoms with Gasteiger partial charge in [0.05, 0.1) is 29.0 Å². The molecule has 1 aliphatic rings.